The first-order valence-corrected chi connectivity index (χ1v) is 12.1. The van der Waals surface area contributed by atoms with Crippen LogP contribution in [-0.2, 0) is 21.4 Å². The second-order valence-electron chi connectivity index (χ2n) is 7.69. The number of carbonyl (C=O) groups excluding carboxylic acids is 1. The maximum Gasteiger partial charge on any atom is 0.243 e. The molecule has 0 atom stereocenters. The van der Waals surface area contributed by atoms with Gasteiger partial charge in [0, 0.05) is 22.3 Å². The molecule has 0 aliphatic carbocycles. The zero-order valence-corrected chi connectivity index (χ0v) is 20.4. The number of nitrogens with one attached hydrogen (secondary N) is 1. The molecule has 0 aliphatic heterocycles. The summed E-state index contributed by atoms with van der Waals surface area (Å²) < 4.78 is 27.9. The molecule has 8 heteroatoms. The summed E-state index contributed by atoms with van der Waals surface area (Å²) >= 11 is 12.3. The molecule has 168 valence electrons. The van der Waals surface area contributed by atoms with E-state index >= 15 is 0 Å². The predicted octanol–water partition coefficient (Wildman–Crippen LogP) is 5.75. The van der Waals surface area contributed by atoms with Crippen LogP contribution in [-0.4, -0.2) is 25.2 Å². The van der Waals surface area contributed by atoms with Gasteiger partial charge in [-0.25, -0.2) is 8.42 Å². The molecule has 5 nitrogen and oxygen atoms in total. The number of anilines is 1. The number of benzene rings is 3. The van der Waals surface area contributed by atoms with E-state index in [0.29, 0.717) is 21.3 Å². The van der Waals surface area contributed by atoms with Gasteiger partial charge in [0.25, 0.3) is 0 Å². The van der Waals surface area contributed by atoms with Crippen molar-refractivity contribution in [1.82, 2.24) is 4.31 Å². The summed E-state index contributed by atoms with van der Waals surface area (Å²) in [5.74, 6) is -0.445. The van der Waals surface area contributed by atoms with Crippen molar-refractivity contribution in [3.63, 3.8) is 0 Å². The Hall–Kier alpha value is -2.38. The molecule has 0 unspecified atom stereocenters. The molecule has 0 saturated carbocycles. The van der Waals surface area contributed by atoms with Crippen LogP contribution in [0.25, 0.3) is 0 Å². The number of sulfonamides is 1. The Kier molecular flexibility index (Phi) is 7.62. The van der Waals surface area contributed by atoms with E-state index in [1.165, 1.54) is 12.1 Å². The third kappa shape index (κ3) is 5.90. The van der Waals surface area contributed by atoms with Crippen LogP contribution >= 0.6 is 23.2 Å². The van der Waals surface area contributed by atoms with Crippen molar-refractivity contribution in [2.24, 2.45) is 0 Å². The molecule has 3 rings (SSSR count). The summed E-state index contributed by atoms with van der Waals surface area (Å²) in [5, 5.41) is 3.60. The number of aryl methyl sites for hydroxylation is 3. The first kappa shape index (κ1) is 24.3. The highest BCUT2D eigenvalue weighted by molar-refractivity contribution is 7.89. The number of amides is 1. The van der Waals surface area contributed by atoms with E-state index in [-0.39, 0.29) is 18.0 Å². The Balaban J connectivity index is 1.93. The minimum Gasteiger partial charge on any atom is -0.325 e. The zero-order valence-electron chi connectivity index (χ0n) is 18.0. The second-order valence-corrected chi connectivity index (χ2v) is 10.5. The lowest BCUT2D eigenvalue weighted by molar-refractivity contribution is -0.116. The fourth-order valence-electron chi connectivity index (χ4n) is 3.15. The van der Waals surface area contributed by atoms with E-state index in [1.54, 1.807) is 30.3 Å². The standard InChI is InChI=1S/C24H24Cl2N2O3S/c1-16-5-10-21(11-6-16)32(30,31)28(14-19-8-9-20(25)13-22(19)26)15-24(29)27-23-12-17(2)4-7-18(23)3/h4-13H,14-15H2,1-3H3,(H,27,29). The number of halogens is 2. The molecule has 3 aromatic carbocycles. The molecule has 0 spiro atoms. The highest BCUT2D eigenvalue weighted by Crippen LogP contribution is 2.26. The summed E-state index contributed by atoms with van der Waals surface area (Å²) in [4.78, 5) is 13.0. The van der Waals surface area contributed by atoms with E-state index in [0.717, 1.165) is 21.0 Å². The Morgan fingerprint density at radius 3 is 2.22 bits per heavy atom. The van der Waals surface area contributed by atoms with Crippen LogP contribution in [0.15, 0.2) is 65.6 Å². The maximum atomic E-state index is 13.4. The molecule has 32 heavy (non-hydrogen) atoms. The molecule has 1 amide bonds. The highest BCUT2D eigenvalue weighted by Gasteiger charge is 2.28. The molecule has 0 bridgehead atoms. The van der Waals surface area contributed by atoms with Gasteiger partial charge < -0.3 is 5.32 Å². The minimum atomic E-state index is -3.97. The van der Waals surface area contributed by atoms with Crippen LogP contribution in [0.4, 0.5) is 5.69 Å². The largest absolute Gasteiger partial charge is 0.325 e. The highest BCUT2D eigenvalue weighted by atomic mass is 35.5. The van der Waals surface area contributed by atoms with Gasteiger partial charge in [0.1, 0.15) is 0 Å². The normalized spacial score (nSPS) is 11.6. The topological polar surface area (TPSA) is 66.5 Å². The molecule has 0 aromatic heterocycles. The second kappa shape index (κ2) is 10.0. The van der Waals surface area contributed by atoms with Crippen LogP contribution < -0.4 is 5.32 Å². The van der Waals surface area contributed by atoms with Crippen LogP contribution in [0.1, 0.15) is 22.3 Å². The fourth-order valence-corrected chi connectivity index (χ4v) is 4.99. The Bertz CT molecular complexity index is 1240. The predicted molar refractivity (Wildman–Crippen MR) is 130 cm³/mol. The van der Waals surface area contributed by atoms with E-state index in [2.05, 4.69) is 5.32 Å². The van der Waals surface area contributed by atoms with Crippen molar-refractivity contribution in [2.75, 3.05) is 11.9 Å². The number of rotatable bonds is 7. The third-order valence-electron chi connectivity index (χ3n) is 5.01. The molecule has 1 N–H and O–H groups in total. The monoisotopic (exact) mass is 490 g/mol. The van der Waals surface area contributed by atoms with Gasteiger partial charge in [-0.1, -0.05) is 59.1 Å². The van der Waals surface area contributed by atoms with Crippen molar-refractivity contribution in [1.29, 1.82) is 0 Å². The smallest absolute Gasteiger partial charge is 0.243 e. The molecule has 0 radical (unpaired) electrons. The minimum absolute atomic E-state index is 0.0770. The van der Waals surface area contributed by atoms with Crippen LogP contribution in [0, 0.1) is 20.8 Å². The number of hydrogen-bond donors (Lipinski definition) is 1. The van der Waals surface area contributed by atoms with Gasteiger partial charge in [0.05, 0.1) is 11.4 Å². The number of nitrogens with zero attached hydrogens (tertiary/aromatic N) is 1. The quantitative estimate of drug-likeness (QED) is 0.458. The fraction of sp³-hybridized carbons (Fsp3) is 0.208. The third-order valence-corrected chi connectivity index (χ3v) is 7.40. The lowest BCUT2D eigenvalue weighted by Crippen LogP contribution is -2.37. The van der Waals surface area contributed by atoms with Crippen LogP contribution in [0.5, 0.6) is 0 Å². The van der Waals surface area contributed by atoms with E-state index < -0.39 is 15.9 Å². The molecular formula is C24H24Cl2N2O3S. The Labute approximate surface area is 199 Å². The van der Waals surface area contributed by atoms with Gasteiger partial charge in [-0.15, -0.1) is 0 Å². The van der Waals surface area contributed by atoms with Crippen molar-refractivity contribution < 1.29 is 13.2 Å². The van der Waals surface area contributed by atoms with Gasteiger partial charge in [-0.05, 0) is 67.8 Å². The van der Waals surface area contributed by atoms with Crippen molar-refractivity contribution in [2.45, 2.75) is 32.2 Å². The van der Waals surface area contributed by atoms with Gasteiger partial charge in [-0.2, -0.15) is 4.31 Å². The Morgan fingerprint density at radius 2 is 1.56 bits per heavy atom. The number of hydrogen-bond acceptors (Lipinski definition) is 3. The maximum absolute atomic E-state index is 13.4. The van der Waals surface area contributed by atoms with Crippen LogP contribution in [0.2, 0.25) is 10.0 Å². The molecular weight excluding hydrogens is 467 g/mol. The van der Waals surface area contributed by atoms with Crippen molar-refractivity contribution >= 4 is 44.8 Å². The molecule has 0 fully saturated rings. The van der Waals surface area contributed by atoms with Gasteiger partial charge in [-0.3, -0.25) is 4.79 Å². The molecule has 0 heterocycles. The van der Waals surface area contributed by atoms with Gasteiger partial charge >= 0.3 is 0 Å². The van der Waals surface area contributed by atoms with E-state index in [4.69, 9.17) is 23.2 Å². The summed E-state index contributed by atoms with van der Waals surface area (Å²) in [5.41, 5.74) is 4.00. The first-order valence-electron chi connectivity index (χ1n) is 9.94. The average Bonchev–Trinajstić information content (AvgIpc) is 2.72. The summed E-state index contributed by atoms with van der Waals surface area (Å²) in [6, 6.07) is 17.0. The molecule has 0 aliphatic rings. The summed E-state index contributed by atoms with van der Waals surface area (Å²) in [6.45, 7) is 5.23. The van der Waals surface area contributed by atoms with Crippen LogP contribution in [0.3, 0.4) is 0 Å². The Morgan fingerprint density at radius 1 is 0.906 bits per heavy atom. The summed E-state index contributed by atoms with van der Waals surface area (Å²) in [6.07, 6.45) is 0. The van der Waals surface area contributed by atoms with Crippen molar-refractivity contribution in [3.8, 4) is 0 Å². The van der Waals surface area contributed by atoms with E-state index in [1.807, 2.05) is 39.0 Å². The average molecular weight is 491 g/mol. The SMILES string of the molecule is Cc1ccc(S(=O)(=O)N(CC(=O)Nc2cc(C)ccc2C)Cc2ccc(Cl)cc2Cl)cc1. The lowest BCUT2D eigenvalue weighted by Gasteiger charge is -2.23. The lowest BCUT2D eigenvalue weighted by atomic mass is 10.1. The molecule has 0 saturated heterocycles. The first-order chi connectivity index (χ1) is 15.1. The zero-order chi connectivity index (χ0) is 23.5. The van der Waals surface area contributed by atoms with Gasteiger partial charge in [0.15, 0.2) is 0 Å². The number of carbonyl (C=O) groups is 1. The van der Waals surface area contributed by atoms with Gasteiger partial charge in [0.2, 0.25) is 15.9 Å². The molecule has 3 aromatic rings. The summed E-state index contributed by atoms with van der Waals surface area (Å²) in [7, 11) is -3.97. The van der Waals surface area contributed by atoms with E-state index in [9.17, 15) is 13.2 Å². The van der Waals surface area contributed by atoms with Crippen molar-refractivity contribution in [3.05, 3.63) is 93.0 Å².